The molecule has 0 fully saturated rings. The number of carbonyl (C=O) groups is 1. The molecule has 6 nitrogen and oxygen atoms in total. The van der Waals surface area contributed by atoms with Crippen LogP contribution in [0, 0.1) is 19.3 Å². The highest BCUT2D eigenvalue weighted by molar-refractivity contribution is 7.10. The summed E-state index contributed by atoms with van der Waals surface area (Å²) in [5.74, 6) is -0.0462. The second-order valence-electron chi connectivity index (χ2n) is 8.37. The van der Waals surface area contributed by atoms with E-state index in [-0.39, 0.29) is 29.3 Å². The number of amides is 1. The number of aryl methyl sites for hydroxylation is 3. The van der Waals surface area contributed by atoms with Crippen molar-refractivity contribution in [2.45, 2.75) is 53.5 Å². The first-order chi connectivity index (χ1) is 13.1. The van der Waals surface area contributed by atoms with Gasteiger partial charge in [0, 0.05) is 29.3 Å². The molecule has 0 aliphatic rings. The molecule has 3 aromatic rings. The van der Waals surface area contributed by atoms with E-state index in [1.807, 2.05) is 32.3 Å². The molecular formula is C21H28N4O2S. The van der Waals surface area contributed by atoms with Crippen molar-refractivity contribution in [1.82, 2.24) is 20.1 Å². The monoisotopic (exact) mass is 400 g/mol. The lowest BCUT2D eigenvalue weighted by Gasteiger charge is -2.30. The van der Waals surface area contributed by atoms with Crippen LogP contribution in [0.1, 0.15) is 54.9 Å². The third-order valence-corrected chi connectivity index (χ3v) is 6.09. The van der Waals surface area contributed by atoms with Gasteiger partial charge in [0.15, 0.2) is 0 Å². The number of H-pyrrole nitrogens is 1. The van der Waals surface area contributed by atoms with Crippen molar-refractivity contribution >= 4 is 28.3 Å². The number of rotatable bonds is 5. The Morgan fingerprint density at radius 1 is 1.36 bits per heavy atom. The number of nitrogens with zero attached hydrogens (tertiary/aromatic N) is 2. The average Bonchev–Trinajstić information content (AvgIpc) is 3.20. The SMILES string of the molecule is Cc1nn(C)c2[nH]c(=O)c(CCC(=O)NC(c3cccs3)C(C)(C)C)c(C)c12. The van der Waals surface area contributed by atoms with Crippen LogP contribution in [-0.4, -0.2) is 20.7 Å². The van der Waals surface area contributed by atoms with Crippen molar-refractivity contribution < 1.29 is 4.79 Å². The van der Waals surface area contributed by atoms with E-state index in [1.54, 1.807) is 16.0 Å². The van der Waals surface area contributed by atoms with Gasteiger partial charge < -0.3 is 10.3 Å². The summed E-state index contributed by atoms with van der Waals surface area (Å²) in [6.45, 7) is 10.2. The summed E-state index contributed by atoms with van der Waals surface area (Å²) in [4.78, 5) is 29.3. The van der Waals surface area contributed by atoms with Crippen molar-refractivity contribution in [3.63, 3.8) is 0 Å². The molecule has 3 heterocycles. The Morgan fingerprint density at radius 3 is 2.68 bits per heavy atom. The molecule has 0 aliphatic heterocycles. The van der Waals surface area contributed by atoms with Crippen LogP contribution in [0.2, 0.25) is 0 Å². The number of hydrogen-bond acceptors (Lipinski definition) is 4. The summed E-state index contributed by atoms with van der Waals surface area (Å²) >= 11 is 1.65. The van der Waals surface area contributed by atoms with Gasteiger partial charge in [-0.2, -0.15) is 5.10 Å². The molecule has 150 valence electrons. The number of pyridine rings is 1. The van der Waals surface area contributed by atoms with Crippen LogP contribution < -0.4 is 10.9 Å². The molecule has 0 radical (unpaired) electrons. The van der Waals surface area contributed by atoms with E-state index in [0.29, 0.717) is 12.0 Å². The second kappa shape index (κ2) is 7.54. The first-order valence-electron chi connectivity index (χ1n) is 9.47. The van der Waals surface area contributed by atoms with Crippen molar-refractivity contribution in [3.8, 4) is 0 Å². The topological polar surface area (TPSA) is 79.8 Å². The van der Waals surface area contributed by atoms with Crippen LogP contribution in [0.5, 0.6) is 0 Å². The summed E-state index contributed by atoms with van der Waals surface area (Å²) in [7, 11) is 1.81. The van der Waals surface area contributed by atoms with E-state index in [0.717, 1.165) is 27.2 Å². The first kappa shape index (κ1) is 20.3. The zero-order valence-corrected chi connectivity index (χ0v) is 18.2. The fourth-order valence-corrected chi connectivity index (χ4v) is 4.72. The Kier molecular flexibility index (Phi) is 5.48. The molecule has 1 atom stereocenters. The largest absolute Gasteiger partial charge is 0.348 e. The standard InChI is InChI=1S/C21H28N4O2S/c1-12-14(20(27)23-19-17(12)13(2)24-25(19)6)9-10-16(26)22-18(21(3,4)5)15-8-7-11-28-15/h7-8,11,18H,9-10H2,1-6H3,(H,22,26)(H,23,27). The predicted molar refractivity (Wildman–Crippen MR) is 114 cm³/mol. The second-order valence-corrected chi connectivity index (χ2v) is 9.35. The molecule has 28 heavy (non-hydrogen) atoms. The molecule has 3 rings (SSSR count). The van der Waals surface area contributed by atoms with Crippen LogP contribution in [0.4, 0.5) is 0 Å². The van der Waals surface area contributed by atoms with E-state index in [9.17, 15) is 9.59 Å². The Hall–Kier alpha value is -2.41. The van der Waals surface area contributed by atoms with Crippen molar-refractivity contribution in [3.05, 3.63) is 49.6 Å². The van der Waals surface area contributed by atoms with Gasteiger partial charge in [-0.25, -0.2) is 0 Å². The Balaban J connectivity index is 1.79. The van der Waals surface area contributed by atoms with Crippen molar-refractivity contribution in [2.24, 2.45) is 12.5 Å². The summed E-state index contributed by atoms with van der Waals surface area (Å²) in [5, 5.41) is 10.5. The number of fused-ring (bicyclic) bond motifs is 1. The third-order valence-electron chi connectivity index (χ3n) is 5.16. The molecule has 0 spiro atoms. The lowest BCUT2D eigenvalue weighted by molar-refractivity contribution is -0.122. The Labute approximate surface area is 169 Å². The molecule has 0 saturated heterocycles. The van der Waals surface area contributed by atoms with Gasteiger partial charge in [0.05, 0.1) is 11.7 Å². The molecule has 0 aromatic carbocycles. The molecule has 1 amide bonds. The fourth-order valence-electron chi connectivity index (χ4n) is 3.70. The maximum Gasteiger partial charge on any atom is 0.253 e. The van der Waals surface area contributed by atoms with Crippen molar-refractivity contribution in [1.29, 1.82) is 0 Å². The predicted octanol–water partition coefficient (Wildman–Crippen LogP) is 3.78. The van der Waals surface area contributed by atoms with E-state index >= 15 is 0 Å². The molecule has 7 heteroatoms. The molecule has 0 saturated carbocycles. The van der Waals surface area contributed by atoms with Gasteiger partial charge in [-0.3, -0.25) is 14.3 Å². The minimum Gasteiger partial charge on any atom is -0.348 e. The van der Waals surface area contributed by atoms with Gasteiger partial charge in [-0.15, -0.1) is 11.3 Å². The van der Waals surface area contributed by atoms with Gasteiger partial charge >= 0.3 is 0 Å². The number of hydrogen-bond donors (Lipinski definition) is 2. The van der Waals surface area contributed by atoms with E-state index < -0.39 is 0 Å². The van der Waals surface area contributed by atoms with Crippen molar-refractivity contribution in [2.75, 3.05) is 0 Å². The van der Waals surface area contributed by atoms with Gasteiger partial charge in [0.1, 0.15) is 5.65 Å². The number of aromatic nitrogens is 3. The Bertz CT molecular complexity index is 1050. The first-order valence-corrected chi connectivity index (χ1v) is 10.4. The molecule has 1 unspecified atom stereocenters. The maximum absolute atomic E-state index is 12.7. The van der Waals surface area contributed by atoms with Crippen LogP contribution in [0.3, 0.4) is 0 Å². The molecule has 2 N–H and O–H groups in total. The summed E-state index contributed by atoms with van der Waals surface area (Å²) in [5.41, 5.74) is 2.91. The fraction of sp³-hybridized carbons (Fsp3) is 0.476. The van der Waals surface area contributed by atoms with Gasteiger partial charge in [0.2, 0.25) is 5.91 Å². The van der Waals surface area contributed by atoms with Gasteiger partial charge in [-0.05, 0) is 42.7 Å². The quantitative estimate of drug-likeness (QED) is 0.684. The lowest BCUT2D eigenvalue weighted by atomic mass is 9.85. The normalized spacial score (nSPS) is 13.1. The zero-order valence-electron chi connectivity index (χ0n) is 17.3. The number of carbonyl (C=O) groups excluding carboxylic acids is 1. The molecule has 3 aromatic heterocycles. The zero-order chi connectivity index (χ0) is 20.6. The summed E-state index contributed by atoms with van der Waals surface area (Å²) < 4.78 is 1.69. The number of nitrogens with one attached hydrogen (secondary N) is 2. The number of thiophene rings is 1. The highest BCUT2D eigenvalue weighted by atomic mass is 32.1. The highest BCUT2D eigenvalue weighted by Gasteiger charge is 2.28. The summed E-state index contributed by atoms with van der Waals surface area (Å²) in [6, 6.07) is 4.00. The van der Waals surface area contributed by atoms with E-state index in [2.05, 4.69) is 42.2 Å². The minimum atomic E-state index is -0.147. The molecule has 0 aliphatic carbocycles. The van der Waals surface area contributed by atoms with Gasteiger partial charge in [0.25, 0.3) is 5.56 Å². The molecule has 0 bridgehead atoms. The van der Waals surface area contributed by atoms with Crippen LogP contribution in [-0.2, 0) is 18.3 Å². The summed E-state index contributed by atoms with van der Waals surface area (Å²) in [6.07, 6.45) is 0.672. The minimum absolute atomic E-state index is 0.0462. The van der Waals surface area contributed by atoms with E-state index in [1.165, 1.54) is 0 Å². The van der Waals surface area contributed by atoms with Crippen LogP contribution in [0.25, 0.3) is 11.0 Å². The lowest BCUT2D eigenvalue weighted by Crippen LogP contribution is -2.36. The smallest absolute Gasteiger partial charge is 0.253 e. The maximum atomic E-state index is 12.7. The Morgan fingerprint density at radius 2 is 2.07 bits per heavy atom. The highest BCUT2D eigenvalue weighted by Crippen LogP contribution is 2.35. The van der Waals surface area contributed by atoms with E-state index in [4.69, 9.17) is 0 Å². The average molecular weight is 401 g/mol. The van der Waals surface area contributed by atoms with Crippen LogP contribution >= 0.6 is 11.3 Å². The molecular weight excluding hydrogens is 372 g/mol. The van der Waals surface area contributed by atoms with Gasteiger partial charge in [-0.1, -0.05) is 26.8 Å². The van der Waals surface area contributed by atoms with Crippen LogP contribution in [0.15, 0.2) is 22.3 Å². The third kappa shape index (κ3) is 3.90. The number of aromatic amines is 1.